The maximum atomic E-state index is 12.5. The normalized spacial score (nSPS) is 10.5. The van der Waals surface area contributed by atoms with Crippen molar-refractivity contribution >= 4 is 29.3 Å². The van der Waals surface area contributed by atoms with Crippen molar-refractivity contribution < 1.29 is 23.1 Å². The zero-order valence-electron chi connectivity index (χ0n) is 12.5. The van der Waals surface area contributed by atoms with Crippen molar-refractivity contribution in [2.75, 3.05) is 11.9 Å². The molecule has 1 aromatic carbocycles. The molecular formula is C15H13F2N3O3S. The number of halogens is 2. The van der Waals surface area contributed by atoms with Gasteiger partial charge in [-0.1, -0.05) is 23.9 Å². The van der Waals surface area contributed by atoms with Gasteiger partial charge in [-0.25, -0.2) is 9.78 Å². The number of alkyl halides is 2. The molecule has 24 heavy (non-hydrogen) atoms. The number of carbonyl (C=O) groups excluding carboxylic acids is 2. The molecule has 0 aliphatic heterocycles. The molecule has 1 N–H and O–H groups in total. The number of amides is 1. The van der Waals surface area contributed by atoms with Gasteiger partial charge in [0.15, 0.2) is 12.3 Å². The molecule has 2 rings (SSSR count). The highest BCUT2D eigenvalue weighted by molar-refractivity contribution is 7.99. The molecule has 0 bridgehead atoms. The average molecular weight is 353 g/mol. The van der Waals surface area contributed by atoms with Gasteiger partial charge in [-0.15, -0.1) is 0 Å². The monoisotopic (exact) mass is 353 g/mol. The van der Waals surface area contributed by atoms with Gasteiger partial charge in [0.2, 0.25) is 0 Å². The SMILES string of the molecule is Cc1cnc(C(=O)OCC(=O)Nc2ccccc2SC(F)F)cn1. The lowest BCUT2D eigenvalue weighted by atomic mass is 10.3. The summed E-state index contributed by atoms with van der Waals surface area (Å²) in [5.41, 5.74) is 0.832. The molecule has 0 fully saturated rings. The van der Waals surface area contributed by atoms with Gasteiger partial charge in [0.1, 0.15) is 0 Å². The zero-order chi connectivity index (χ0) is 17.5. The van der Waals surface area contributed by atoms with Crippen LogP contribution in [0, 0.1) is 6.92 Å². The molecule has 1 amide bonds. The van der Waals surface area contributed by atoms with E-state index in [1.165, 1.54) is 24.5 Å². The van der Waals surface area contributed by atoms with Crippen molar-refractivity contribution in [2.45, 2.75) is 17.6 Å². The standard InChI is InChI=1S/C15H13F2N3O3S/c1-9-6-19-11(7-18-9)14(22)23-8-13(21)20-10-4-2-3-5-12(10)24-15(16)17/h2-7,15H,8H2,1H3,(H,20,21). The first-order chi connectivity index (χ1) is 11.5. The summed E-state index contributed by atoms with van der Waals surface area (Å²) in [5.74, 6) is -4.06. The third-order valence-electron chi connectivity index (χ3n) is 2.70. The van der Waals surface area contributed by atoms with Gasteiger partial charge in [-0.3, -0.25) is 9.78 Å². The van der Waals surface area contributed by atoms with Crippen LogP contribution in [0.4, 0.5) is 14.5 Å². The van der Waals surface area contributed by atoms with Crippen molar-refractivity contribution in [1.29, 1.82) is 0 Å². The first kappa shape index (κ1) is 17.8. The molecule has 6 nitrogen and oxygen atoms in total. The van der Waals surface area contributed by atoms with Crippen LogP contribution in [0.2, 0.25) is 0 Å². The van der Waals surface area contributed by atoms with Crippen LogP contribution < -0.4 is 5.32 Å². The number of esters is 1. The lowest BCUT2D eigenvalue weighted by Gasteiger charge is -2.10. The number of ether oxygens (including phenoxy) is 1. The number of aromatic nitrogens is 2. The van der Waals surface area contributed by atoms with Crippen LogP contribution in [-0.4, -0.2) is 34.2 Å². The van der Waals surface area contributed by atoms with Crippen molar-refractivity contribution in [3.05, 3.63) is 48.0 Å². The summed E-state index contributed by atoms with van der Waals surface area (Å²) >= 11 is 0.316. The summed E-state index contributed by atoms with van der Waals surface area (Å²) in [6.45, 7) is 1.15. The van der Waals surface area contributed by atoms with Gasteiger partial charge < -0.3 is 10.1 Å². The quantitative estimate of drug-likeness (QED) is 0.635. The number of nitrogens with one attached hydrogen (secondary N) is 1. The molecule has 0 aliphatic rings. The predicted octanol–water partition coefficient (Wildman–Crippen LogP) is 2.90. The van der Waals surface area contributed by atoms with E-state index in [-0.39, 0.29) is 16.3 Å². The molecule has 0 saturated carbocycles. The Hall–Kier alpha value is -2.55. The predicted molar refractivity (Wildman–Crippen MR) is 84.0 cm³/mol. The lowest BCUT2D eigenvalue weighted by molar-refractivity contribution is -0.119. The number of thioether (sulfide) groups is 1. The van der Waals surface area contributed by atoms with E-state index in [2.05, 4.69) is 15.3 Å². The number of benzene rings is 1. The molecule has 1 aromatic heterocycles. The fourth-order valence-electron chi connectivity index (χ4n) is 1.66. The summed E-state index contributed by atoms with van der Waals surface area (Å²) < 4.78 is 29.8. The minimum atomic E-state index is -2.61. The van der Waals surface area contributed by atoms with Crippen LogP contribution in [0.5, 0.6) is 0 Å². The molecule has 9 heteroatoms. The van der Waals surface area contributed by atoms with E-state index in [1.54, 1.807) is 19.1 Å². The third-order valence-corrected chi connectivity index (χ3v) is 3.49. The summed E-state index contributed by atoms with van der Waals surface area (Å²) in [6, 6.07) is 6.12. The number of carbonyl (C=O) groups is 2. The van der Waals surface area contributed by atoms with Crippen molar-refractivity contribution in [1.82, 2.24) is 9.97 Å². The number of para-hydroxylation sites is 1. The topological polar surface area (TPSA) is 81.2 Å². The van der Waals surface area contributed by atoms with Gasteiger partial charge in [0, 0.05) is 11.1 Å². The molecule has 0 unspecified atom stereocenters. The fourth-order valence-corrected chi connectivity index (χ4v) is 2.25. The van der Waals surface area contributed by atoms with Gasteiger partial charge in [-0.2, -0.15) is 8.78 Å². The highest BCUT2D eigenvalue weighted by atomic mass is 32.2. The Labute approximate surface area is 140 Å². The zero-order valence-corrected chi connectivity index (χ0v) is 13.3. The molecule has 0 saturated heterocycles. The number of aryl methyl sites for hydroxylation is 1. The van der Waals surface area contributed by atoms with E-state index >= 15 is 0 Å². The minimum Gasteiger partial charge on any atom is -0.451 e. The molecule has 0 spiro atoms. The first-order valence-corrected chi connectivity index (χ1v) is 7.63. The molecule has 0 aliphatic carbocycles. The van der Waals surface area contributed by atoms with Crippen LogP contribution in [0.3, 0.4) is 0 Å². The molecule has 0 atom stereocenters. The second-order valence-electron chi connectivity index (χ2n) is 4.54. The summed E-state index contributed by atoms with van der Waals surface area (Å²) in [5, 5.41) is 2.43. The Bertz CT molecular complexity index is 726. The fraction of sp³-hybridized carbons (Fsp3) is 0.200. The Morgan fingerprint density at radius 2 is 2.00 bits per heavy atom. The highest BCUT2D eigenvalue weighted by Gasteiger charge is 2.14. The van der Waals surface area contributed by atoms with E-state index in [4.69, 9.17) is 4.74 Å². The molecule has 0 radical (unpaired) electrons. The third kappa shape index (κ3) is 5.27. The van der Waals surface area contributed by atoms with E-state index in [1.807, 2.05) is 0 Å². The van der Waals surface area contributed by atoms with E-state index in [0.717, 1.165) is 0 Å². The van der Waals surface area contributed by atoms with E-state index in [9.17, 15) is 18.4 Å². The minimum absolute atomic E-state index is 0.0259. The van der Waals surface area contributed by atoms with Gasteiger partial charge in [-0.05, 0) is 19.1 Å². The van der Waals surface area contributed by atoms with Gasteiger partial charge in [0.05, 0.1) is 17.6 Å². The van der Waals surface area contributed by atoms with Crippen LogP contribution >= 0.6 is 11.8 Å². The number of nitrogens with zero attached hydrogens (tertiary/aromatic N) is 2. The lowest BCUT2D eigenvalue weighted by Crippen LogP contribution is -2.21. The van der Waals surface area contributed by atoms with Crippen LogP contribution in [0.15, 0.2) is 41.6 Å². The smallest absolute Gasteiger partial charge is 0.359 e. The second-order valence-corrected chi connectivity index (χ2v) is 5.57. The summed E-state index contributed by atoms with van der Waals surface area (Å²) in [4.78, 5) is 31.5. The maximum Gasteiger partial charge on any atom is 0.359 e. The Balaban J connectivity index is 1.92. The number of hydrogen-bond acceptors (Lipinski definition) is 6. The Morgan fingerprint density at radius 1 is 1.25 bits per heavy atom. The second kappa shape index (κ2) is 8.34. The van der Waals surface area contributed by atoms with Crippen molar-refractivity contribution in [3.8, 4) is 0 Å². The van der Waals surface area contributed by atoms with Crippen molar-refractivity contribution in [3.63, 3.8) is 0 Å². The highest BCUT2D eigenvalue weighted by Crippen LogP contribution is 2.31. The largest absolute Gasteiger partial charge is 0.451 e. The van der Waals surface area contributed by atoms with Crippen LogP contribution in [0.25, 0.3) is 0 Å². The van der Waals surface area contributed by atoms with Crippen LogP contribution in [-0.2, 0) is 9.53 Å². The molecule has 1 heterocycles. The maximum absolute atomic E-state index is 12.5. The molecule has 126 valence electrons. The molecule has 2 aromatic rings. The van der Waals surface area contributed by atoms with Crippen molar-refractivity contribution in [2.24, 2.45) is 0 Å². The van der Waals surface area contributed by atoms with E-state index in [0.29, 0.717) is 17.5 Å². The Kier molecular flexibility index (Phi) is 6.19. The average Bonchev–Trinajstić information content (AvgIpc) is 2.54. The van der Waals surface area contributed by atoms with Gasteiger partial charge in [0.25, 0.3) is 11.7 Å². The summed E-state index contributed by atoms with van der Waals surface area (Å²) in [6.07, 6.45) is 2.64. The number of rotatable bonds is 6. The number of anilines is 1. The van der Waals surface area contributed by atoms with Crippen LogP contribution in [0.1, 0.15) is 16.2 Å². The summed E-state index contributed by atoms with van der Waals surface area (Å²) in [7, 11) is 0. The molecular weight excluding hydrogens is 340 g/mol. The first-order valence-electron chi connectivity index (χ1n) is 6.75. The van der Waals surface area contributed by atoms with E-state index < -0.39 is 24.2 Å². The van der Waals surface area contributed by atoms with Gasteiger partial charge >= 0.3 is 5.97 Å². The Morgan fingerprint density at radius 3 is 2.67 bits per heavy atom. The number of hydrogen-bond donors (Lipinski definition) is 1.